The summed E-state index contributed by atoms with van der Waals surface area (Å²) in [4.78, 5) is 9.00. The molecule has 0 aliphatic carbocycles. The molecule has 0 amide bonds. The highest BCUT2D eigenvalue weighted by Gasteiger charge is 2.30. The molecule has 0 saturated carbocycles. The predicted octanol–water partition coefficient (Wildman–Crippen LogP) is 2.95. The van der Waals surface area contributed by atoms with Gasteiger partial charge in [-0.1, -0.05) is 12.1 Å². The van der Waals surface area contributed by atoms with E-state index >= 15 is 0 Å². The van der Waals surface area contributed by atoms with E-state index < -0.39 is 17.7 Å². The van der Waals surface area contributed by atoms with Crippen LogP contribution in [-0.4, -0.2) is 24.2 Å². The maximum atomic E-state index is 12.3. The minimum Gasteiger partial charge on any atom is -0.481 e. The molecule has 2 N–H and O–H groups in total. The molecule has 1 aromatic rings. The predicted molar refractivity (Wildman–Crippen MR) is 69.4 cm³/mol. The molecule has 1 aliphatic rings. The van der Waals surface area contributed by atoms with Gasteiger partial charge >= 0.3 is 6.18 Å². The van der Waals surface area contributed by atoms with Crippen molar-refractivity contribution in [3.8, 4) is 0 Å². The van der Waals surface area contributed by atoms with Gasteiger partial charge in [-0.15, -0.1) is 0 Å². The first-order valence-corrected chi connectivity index (χ1v) is 6.35. The van der Waals surface area contributed by atoms with E-state index in [2.05, 4.69) is 5.32 Å². The molecule has 1 heterocycles. The van der Waals surface area contributed by atoms with E-state index in [1.807, 2.05) is 0 Å². The number of carboxylic acid groups (broad SMARTS) is 1. The minimum atomic E-state index is -4.23. The average Bonchev–Trinajstić information content (AvgIpc) is 2.80. The van der Waals surface area contributed by atoms with Crippen LogP contribution in [0.15, 0.2) is 24.3 Å². The highest BCUT2D eigenvalue weighted by molar-refractivity contribution is 5.62. The second-order valence-corrected chi connectivity index (χ2v) is 4.78. The van der Waals surface area contributed by atoms with Crippen molar-refractivity contribution in [2.75, 3.05) is 13.1 Å². The number of rotatable bonds is 2. The van der Waals surface area contributed by atoms with Crippen LogP contribution in [0.3, 0.4) is 0 Å². The lowest BCUT2D eigenvalue weighted by Crippen LogP contribution is -2.11. The molecule has 20 heavy (non-hydrogen) atoms. The van der Waals surface area contributed by atoms with Crippen molar-refractivity contribution >= 4 is 5.97 Å². The number of benzene rings is 1. The van der Waals surface area contributed by atoms with E-state index in [4.69, 9.17) is 9.90 Å². The number of carboxylic acids is 1. The lowest BCUT2D eigenvalue weighted by Gasteiger charge is -2.10. The largest absolute Gasteiger partial charge is 0.481 e. The highest BCUT2D eigenvalue weighted by atomic mass is 19.4. The van der Waals surface area contributed by atoms with Crippen LogP contribution in [0.1, 0.15) is 24.5 Å². The normalized spacial score (nSPS) is 18.3. The summed E-state index contributed by atoms with van der Waals surface area (Å²) in [6.07, 6.45) is -2.25. The molecular weight excluding hydrogens is 271 g/mol. The second-order valence-electron chi connectivity index (χ2n) is 4.78. The highest BCUT2D eigenvalue weighted by Crippen LogP contribution is 2.29. The van der Waals surface area contributed by atoms with Crippen molar-refractivity contribution in [2.45, 2.75) is 25.9 Å². The SMILES string of the molecule is CC(=O)O.FC(F)(F)c1ccc(CC2CCNC2)cc1. The summed E-state index contributed by atoms with van der Waals surface area (Å²) >= 11 is 0. The fourth-order valence-corrected chi connectivity index (χ4v) is 2.05. The molecule has 1 fully saturated rings. The summed E-state index contributed by atoms with van der Waals surface area (Å²) in [6.45, 7) is 3.08. The number of hydrogen-bond donors (Lipinski definition) is 2. The molecule has 0 radical (unpaired) electrons. The zero-order valence-corrected chi connectivity index (χ0v) is 11.2. The molecule has 3 nitrogen and oxygen atoms in total. The Morgan fingerprint density at radius 2 is 1.90 bits per heavy atom. The van der Waals surface area contributed by atoms with Crippen LogP contribution in [0.4, 0.5) is 13.2 Å². The van der Waals surface area contributed by atoms with Gasteiger partial charge in [-0.3, -0.25) is 4.79 Å². The van der Waals surface area contributed by atoms with Gasteiger partial charge in [-0.25, -0.2) is 0 Å². The summed E-state index contributed by atoms with van der Waals surface area (Å²) in [5.74, 6) is -0.267. The summed E-state index contributed by atoms with van der Waals surface area (Å²) in [6, 6.07) is 5.50. The molecule has 2 rings (SSSR count). The van der Waals surface area contributed by atoms with Gasteiger partial charge in [-0.05, 0) is 49.5 Å². The number of nitrogens with one attached hydrogen (secondary N) is 1. The number of alkyl halides is 3. The molecule has 1 aliphatic heterocycles. The molecule has 0 aromatic heterocycles. The second kappa shape index (κ2) is 7.28. The van der Waals surface area contributed by atoms with E-state index in [0.29, 0.717) is 5.92 Å². The Bertz CT molecular complexity index is 419. The van der Waals surface area contributed by atoms with E-state index in [9.17, 15) is 13.2 Å². The Hall–Kier alpha value is -1.56. The van der Waals surface area contributed by atoms with Gasteiger partial charge in [0.15, 0.2) is 0 Å². The van der Waals surface area contributed by atoms with E-state index in [1.54, 1.807) is 12.1 Å². The summed E-state index contributed by atoms with van der Waals surface area (Å²) in [5, 5.41) is 10.7. The Kier molecular flexibility index (Phi) is 6.01. The maximum Gasteiger partial charge on any atom is 0.416 e. The zero-order chi connectivity index (χ0) is 15.2. The molecule has 1 atom stereocenters. The fourth-order valence-electron chi connectivity index (χ4n) is 2.05. The lowest BCUT2D eigenvalue weighted by atomic mass is 9.98. The van der Waals surface area contributed by atoms with Crippen LogP contribution < -0.4 is 5.32 Å². The molecule has 0 spiro atoms. The Morgan fingerprint density at radius 3 is 2.30 bits per heavy atom. The molecule has 1 unspecified atom stereocenters. The minimum absolute atomic E-state index is 0.566. The van der Waals surface area contributed by atoms with Gasteiger partial charge in [-0.2, -0.15) is 13.2 Å². The van der Waals surface area contributed by atoms with Crippen LogP contribution in [0.5, 0.6) is 0 Å². The molecule has 6 heteroatoms. The molecule has 112 valence electrons. The van der Waals surface area contributed by atoms with Gasteiger partial charge in [0.05, 0.1) is 5.56 Å². The van der Waals surface area contributed by atoms with E-state index in [1.165, 1.54) is 0 Å². The van der Waals surface area contributed by atoms with Crippen molar-refractivity contribution < 1.29 is 23.1 Å². The number of hydrogen-bond acceptors (Lipinski definition) is 2. The van der Waals surface area contributed by atoms with Crippen LogP contribution in [0, 0.1) is 5.92 Å². The summed E-state index contributed by atoms with van der Waals surface area (Å²) in [7, 11) is 0. The molecule has 0 bridgehead atoms. The number of carbonyl (C=O) groups is 1. The lowest BCUT2D eigenvalue weighted by molar-refractivity contribution is -0.137. The monoisotopic (exact) mass is 289 g/mol. The first kappa shape index (κ1) is 16.5. The third-order valence-electron chi connectivity index (χ3n) is 2.97. The fraction of sp³-hybridized carbons (Fsp3) is 0.500. The summed E-state index contributed by atoms with van der Waals surface area (Å²) < 4.78 is 36.9. The first-order chi connectivity index (χ1) is 9.29. The van der Waals surface area contributed by atoms with Crippen LogP contribution in [0.2, 0.25) is 0 Å². The van der Waals surface area contributed by atoms with Gasteiger partial charge in [0, 0.05) is 6.92 Å². The van der Waals surface area contributed by atoms with Gasteiger partial charge in [0.25, 0.3) is 5.97 Å². The standard InChI is InChI=1S/C12H14F3N.C2H4O2/c13-12(14,15)11-3-1-9(2-4-11)7-10-5-6-16-8-10;1-2(3)4/h1-4,10,16H,5-8H2;1H3,(H,3,4). The van der Waals surface area contributed by atoms with E-state index in [-0.39, 0.29) is 0 Å². The van der Waals surface area contributed by atoms with Crippen molar-refractivity contribution in [1.82, 2.24) is 5.32 Å². The van der Waals surface area contributed by atoms with Crippen molar-refractivity contribution in [3.05, 3.63) is 35.4 Å². The van der Waals surface area contributed by atoms with Crippen molar-refractivity contribution in [3.63, 3.8) is 0 Å². The summed E-state index contributed by atoms with van der Waals surface area (Å²) in [5.41, 5.74) is 0.419. The molecule has 1 aromatic carbocycles. The quantitative estimate of drug-likeness (QED) is 0.880. The van der Waals surface area contributed by atoms with Crippen LogP contribution in [-0.2, 0) is 17.4 Å². The van der Waals surface area contributed by atoms with Gasteiger partial charge in [0.1, 0.15) is 0 Å². The topological polar surface area (TPSA) is 49.3 Å². The zero-order valence-electron chi connectivity index (χ0n) is 11.2. The van der Waals surface area contributed by atoms with E-state index in [0.717, 1.165) is 50.6 Å². The van der Waals surface area contributed by atoms with Gasteiger partial charge in [0.2, 0.25) is 0 Å². The Balaban J connectivity index is 0.000000444. The van der Waals surface area contributed by atoms with Crippen molar-refractivity contribution in [1.29, 1.82) is 0 Å². The van der Waals surface area contributed by atoms with Gasteiger partial charge < -0.3 is 10.4 Å². The molecule has 1 saturated heterocycles. The number of halogens is 3. The smallest absolute Gasteiger partial charge is 0.416 e. The molecular formula is C14H18F3NO2. The number of aliphatic carboxylic acids is 1. The Morgan fingerprint density at radius 1 is 1.35 bits per heavy atom. The first-order valence-electron chi connectivity index (χ1n) is 6.35. The van der Waals surface area contributed by atoms with Crippen LogP contribution in [0.25, 0.3) is 0 Å². The van der Waals surface area contributed by atoms with Crippen molar-refractivity contribution in [2.24, 2.45) is 5.92 Å². The Labute approximate surface area is 115 Å². The third kappa shape index (κ3) is 6.06. The van der Waals surface area contributed by atoms with Crippen LogP contribution >= 0.6 is 0 Å². The third-order valence-corrected chi connectivity index (χ3v) is 2.97. The average molecular weight is 289 g/mol. The maximum absolute atomic E-state index is 12.3.